The van der Waals surface area contributed by atoms with E-state index in [-0.39, 0.29) is 5.82 Å². The molecule has 0 spiro atoms. The Morgan fingerprint density at radius 1 is 0.951 bits per heavy atom. The number of likely N-dealkylation sites (tertiary alicyclic amines) is 1. The van der Waals surface area contributed by atoms with Crippen molar-refractivity contribution < 1.29 is 4.74 Å². The lowest BCUT2D eigenvalue weighted by Crippen LogP contribution is -2.38. The maximum absolute atomic E-state index is 9.05. The topological polar surface area (TPSA) is 91.9 Å². The number of pyridine rings is 1. The fraction of sp³-hybridized carbons (Fsp3) is 0.212. The largest absolute Gasteiger partial charge is 0.485 e. The Kier molecular flexibility index (Phi) is 6.63. The number of fused-ring (bicyclic) bond motifs is 3. The first kappa shape index (κ1) is 25.0. The summed E-state index contributed by atoms with van der Waals surface area (Å²) in [6.07, 6.45) is 9.55. The Bertz CT molecular complexity index is 1720. The summed E-state index contributed by atoms with van der Waals surface area (Å²) in [5.41, 5.74) is 8.16. The van der Waals surface area contributed by atoms with Crippen LogP contribution in [0.4, 0.5) is 5.82 Å². The summed E-state index contributed by atoms with van der Waals surface area (Å²) < 4.78 is 8.36. The number of benzene rings is 2. The van der Waals surface area contributed by atoms with Crippen molar-refractivity contribution in [2.24, 2.45) is 0 Å². The van der Waals surface area contributed by atoms with Crippen LogP contribution in [0.25, 0.3) is 27.9 Å². The van der Waals surface area contributed by atoms with E-state index < -0.39 is 0 Å². The van der Waals surface area contributed by atoms with Gasteiger partial charge >= 0.3 is 0 Å². The summed E-state index contributed by atoms with van der Waals surface area (Å²) >= 11 is 0. The van der Waals surface area contributed by atoms with Crippen molar-refractivity contribution in [3.63, 3.8) is 0 Å². The minimum atomic E-state index is 0.197. The quantitative estimate of drug-likeness (QED) is 0.290. The summed E-state index contributed by atoms with van der Waals surface area (Å²) in [6.45, 7) is 3.45. The van der Waals surface area contributed by atoms with Gasteiger partial charge in [0, 0.05) is 61.5 Å². The fourth-order valence-corrected chi connectivity index (χ4v) is 5.86. The highest BCUT2D eigenvalue weighted by molar-refractivity contribution is 5.86. The molecule has 1 N–H and O–H groups in total. The Hall–Kier alpha value is -5.00. The van der Waals surface area contributed by atoms with Gasteiger partial charge < -0.3 is 14.6 Å². The van der Waals surface area contributed by atoms with Crippen LogP contribution in [0.1, 0.15) is 29.9 Å². The molecule has 0 radical (unpaired) electrons. The molecule has 2 aliphatic heterocycles. The predicted molar refractivity (Wildman–Crippen MR) is 157 cm³/mol. The van der Waals surface area contributed by atoms with E-state index in [1.807, 2.05) is 24.4 Å². The molecular weight excluding hydrogens is 510 g/mol. The molecule has 0 aliphatic carbocycles. The summed E-state index contributed by atoms with van der Waals surface area (Å²) in [7, 11) is 0. The van der Waals surface area contributed by atoms with E-state index in [0.29, 0.717) is 12.6 Å². The van der Waals surface area contributed by atoms with Crippen LogP contribution < -0.4 is 10.1 Å². The average molecular weight is 540 g/mol. The van der Waals surface area contributed by atoms with Gasteiger partial charge in [-0.25, -0.2) is 9.97 Å². The number of nitrogens with one attached hydrogen (secondary N) is 1. The third kappa shape index (κ3) is 5.04. The molecule has 2 aliphatic rings. The van der Waals surface area contributed by atoms with Crippen molar-refractivity contribution in [3.8, 4) is 39.8 Å². The van der Waals surface area contributed by atoms with Crippen molar-refractivity contribution in [2.45, 2.75) is 32.0 Å². The molecular formula is C33H29N7O. The normalized spacial score (nSPS) is 14.9. The number of hydrogen-bond donors (Lipinski definition) is 1. The minimum Gasteiger partial charge on any atom is -0.485 e. The first-order valence-corrected chi connectivity index (χ1v) is 13.9. The fourth-order valence-electron chi connectivity index (χ4n) is 5.86. The predicted octanol–water partition coefficient (Wildman–Crippen LogP) is 5.84. The number of piperidine rings is 1. The van der Waals surface area contributed by atoms with E-state index in [2.05, 4.69) is 90.5 Å². The Morgan fingerprint density at radius 2 is 1.78 bits per heavy atom. The molecule has 2 aromatic carbocycles. The molecule has 5 heterocycles. The summed E-state index contributed by atoms with van der Waals surface area (Å²) in [5, 5.41) is 12.5. The lowest BCUT2D eigenvalue weighted by molar-refractivity contribution is 0.211. The van der Waals surface area contributed by atoms with Crippen molar-refractivity contribution >= 4 is 5.82 Å². The zero-order chi connectivity index (χ0) is 27.6. The van der Waals surface area contributed by atoms with Gasteiger partial charge in [0.15, 0.2) is 0 Å². The second-order valence-electron chi connectivity index (χ2n) is 10.5. The van der Waals surface area contributed by atoms with Crippen molar-refractivity contribution in [2.75, 3.05) is 18.4 Å². The molecule has 8 heteroatoms. The van der Waals surface area contributed by atoms with E-state index in [0.717, 1.165) is 55.4 Å². The van der Waals surface area contributed by atoms with E-state index in [4.69, 9.17) is 10.00 Å². The molecule has 41 heavy (non-hydrogen) atoms. The van der Waals surface area contributed by atoms with Gasteiger partial charge in [-0.15, -0.1) is 0 Å². The zero-order valence-electron chi connectivity index (χ0n) is 22.6. The van der Waals surface area contributed by atoms with Gasteiger partial charge in [-0.2, -0.15) is 5.26 Å². The summed E-state index contributed by atoms with van der Waals surface area (Å²) in [5.74, 6) is 1.77. The van der Waals surface area contributed by atoms with E-state index in [1.165, 1.54) is 27.8 Å². The van der Waals surface area contributed by atoms with Crippen molar-refractivity contribution in [1.82, 2.24) is 24.4 Å². The Labute approximate surface area is 238 Å². The van der Waals surface area contributed by atoms with Crippen molar-refractivity contribution in [1.29, 1.82) is 5.26 Å². The Morgan fingerprint density at radius 3 is 2.59 bits per heavy atom. The third-order valence-corrected chi connectivity index (χ3v) is 7.92. The third-order valence-electron chi connectivity index (χ3n) is 7.92. The molecule has 7 rings (SSSR count). The van der Waals surface area contributed by atoms with Gasteiger partial charge in [-0.05, 0) is 35.6 Å². The smallest absolute Gasteiger partial charge is 0.234 e. The maximum Gasteiger partial charge on any atom is 0.234 e. The first-order valence-electron chi connectivity index (χ1n) is 13.9. The summed E-state index contributed by atoms with van der Waals surface area (Å²) in [4.78, 5) is 15.1. The number of aromatic nitrogens is 4. The lowest BCUT2D eigenvalue weighted by atomic mass is 9.96. The number of ether oxygens (including phenoxy) is 1. The van der Waals surface area contributed by atoms with Crippen LogP contribution in [-0.4, -0.2) is 43.6 Å². The van der Waals surface area contributed by atoms with Crippen LogP contribution in [-0.2, 0) is 13.2 Å². The van der Waals surface area contributed by atoms with Crippen LogP contribution >= 0.6 is 0 Å². The van der Waals surface area contributed by atoms with Crippen LogP contribution in [0.15, 0.2) is 91.5 Å². The molecule has 0 bridgehead atoms. The van der Waals surface area contributed by atoms with Crippen LogP contribution in [0, 0.1) is 11.3 Å². The highest BCUT2D eigenvalue weighted by Crippen LogP contribution is 2.42. The molecule has 0 atom stereocenters. The second kappa shape index (κ2) is 10.9. The number of anilines is 1. The van der Waals surface area contributed by atoms with Crippen LogP contribution in [0.3, 0.4) is 0 Å². The number of nitriles is 1. The average Bonchev–Trinajstić information content (AvgIpc) is 3.43. The first-order chi connectivity index (χ1) is 20.2. The summed E-state index contributed by atoms with van der Waals surface area (Å²) in [6, 6.07) is 25.6. The van der Waals surface area contributed by atoms with Crippen molar-refractivity contribution in [3.05, 3.63) is 109 Å². The molecule has 0 amide bonds. The van der Waals surface area contributed by atoms with Crippen LogP contribution in [0.5, 0.6) is 5.75 Å². The molecule has 1 saturated heterocycles. The maximum atomic E-state index is 9.05. The molecule has 202 valence electrons. The van der Waals surface area contributed by atoms with E-state index in [1.54, 1.807) is 12.4 Å². The number of rotatable bonds is 6. The molecule has 0 saturated carbocycles. The van der Waals surface area contributed by atoms with E-state index >= 15 is 0 Å². The van der Waals surface area contributed by atoms with Gasteiger partial charge in [-0.1, -0.05) is 54.6 Å². The lowest BCUT2D eigenvalue weighted by Gasteiger charge is -2.32. The van der Waals surface area contributed by atoms with E-state index in [9.17, 15) is 0 Å². The number of hydrogen-bond acceptors (Lipinski definition) is 7. The standard InChI is InChI=1S/C33H29N7O/c34-18-32-36-15-11-31(38-32)37-26-12-16-39(17-13-26)20-23-6-8-24(9-7-23)27-21-40-28-19-35-14-10-30(28)41-22-29(40)33(27)25-4-2-1-3-5-25/h1-11,14-15,19,21,26H,12-13,16-17,20,22H2,(H,36,37,38). The van der Waals surface area contributed by atoms with Gasteiger partial charge in [0.25, 0.3) is 0 Å². The highest BCUT2D eigenvalue weighted by Gasteiger charge is 2.25. The van der Waals surface area contributed by atoms with Gasteiger partial charge in [0.1, 0.15) is 29.9 Å². The highest BCUT2D eigenvalue weighted by atomic mass is 16.5. The minimum absolute atomic E-state index is 0.197. The van der Waals surface area contributed by atoms with Gasteiger partial charge in [-0.3, -0.25) is 9.88 Å². The second-order valence-corrected chi connectivity index (χ2v) is 10.5. The molecule has 3 aromatic heterocycles. The van der Waals surface area contributed by atoms with Gasteiger partial charge in [0.05, 0.1) is 11.9 Å². The number of nitrogens with zero attached hydrogens (tertiary/aromatic N) is 6. The molecule has 0 unspecified atom stereocenters. The Balaban J connectivity index is 1.08. The molecule has 1 fully saturated rings. The SMILES string of the molecule is N#Cc1nccc(NC2CCN(Cc3ccc(-c4cn5c(c4-c4ccccc4)COc4ccncc4-5)cc3)CC2)n1. The van der Waals surface area contributed by atoms with Crippen LogP contribution in [0.2, 0.25) is 0 Å². The van der Waals surface area contributed by atoms with Gasteiger partial charge in [0.2, 0.25) is 5.82 Å². The monoisotopic (exact) mass is 539 g/mol. The zero-order valence-corrected chi connectivity index (χ0v) is 22.6. The molecule has 8 nitrogen and oxygen atoms in total. The molecule has 5 aromatic rings.